The van der Waals surface area contributed by atoms with Crippen molar-refractivity contribution in [3.8, 4) is 5.75 Å². The fourth-order valence-electron chi connectivity index (χ4n) is 4.44. The third-order valence-electron chi connectivity index (χ3n) is 5.98. The topological polar surface area (TPSA) is 43.9 Å². The fourth-order valence-corrected chi connectivity index (χ4v) is 4.72. The van der Waals surface area contributed by atoms with E-state index in [4.69, 9.17) is 20.8 Å². The van der Waals surface area contributed by atoms with Gasteiger partial charge in [-0.2, -0.15) is 0 Å². The van der Waals surface area contributed by atoms with Crippen LogP contribution in [0.5, 0.6) is 5.75 Å². The van der Waals surface area contributed by atoms with Crippen LogP contribution in [0.2, 0.25) is 5.02 Å². The van der Waals surface area contributed by atoms with E-state index in [1.807, 2.05) is 12.1 Å². The van der Waals surface area contributed by atoms with Gasteiger partial charge in [-0.1, -0.05) is 41.9 Å². The molecule has 1 unspecified atom stereocenters. The lowest BCUT2D eigenvalue weighted by Gasteiger charge is -2.31. The van der Waals surface area contributed by atoms with E-state index in [9.17, 15) is 4.79 Å². The lowest BCUT2D eigenvalue weighted by molar-refractivity contribution is -0.960. The number of rotatable bonds is 2. The van der Waals surface area contributed by atoms with Crippen molar-refractivity contribution in [2.45, 2.75) is 38.8 Å². The minimum absolute atomic E-state index is 0.206. The molecule has 0 fully saturated rings. The highest BCUT2D eigenvalue weighted by Crippen LogP contribution is 2.39. The average Bonchev–Trinajstić information content (AvgIpc) is 3.20. The van der Waals surface area contributed by atoms with E-state index in [-0.39, 0.29) is 11.7 Å². The molecule has 138 valence electrons. The predicted molar refractivity (Wildman–Crippen MR) is 105 cm³/mol. The first-order valence-corrected chi connectivity index (χ1v) is 9.83. The largest absolute Gasteiger partial charge is 0.443 e. The molecule has 0 amide bonds. The summed E-state index contributed by atoms with van der Waals surface area (Å²) >= 11 is 6.55. The van der Waals surface area contributed by atoms with Gasteiger partial charge < -0.3 is 9.15 Å². The van der Waals surface area contributed by atoms with Gasteiger partial charge in [-0.25, -0.2) is 4.79 Å². The van der Waals surface area contributed by atoms with Crippen molar-refractivity contribution < 1.29 is 14.1 Å². The molecular weight excluding hydrogens is 362 g/mol. The molecule has 2 aromatic carbocycles. The number of ether oxygens (including phenoxy) is 1. The predicted octanol–water partition coefficient (Wildman–Crippen LogP) is 3.43. The Balaban J connectivity index is 1.63. The summed E-state index contributed by atoms with van der Waals surface area (Å²) in [5.41, 5.74) is 4.54. The van der Waals surface area contributed by atoms with E-state index in [0.717, 1.165) is 41.3 Å². The zero-order valence-electron chi connectivity index (χ0n) is 15.2. The maximum absolute atomic E-state index is 12.5. The van der Waals surface area contributed by atoms with Gasteiger partial charge in [-0.3, -0.25) is 4.90 Å². The summed E-state index contributed by atoms with van der Waals surface area (Å²) in [6.45, 7) is 3.44. The molecule has 27 heavy (non-hydrogen) atoms. The molecule has 0 radical (unpaired) electrons. The van der Waals surface area contributed by atoms with Gasteiger partial charge in [0.05, 0.1) is 10.6 Å². The van der Waals surface area contributed by atoms with Crippen molar-refractivity contribution >= 4 is 22.6 Å². The number of hydrogen-bond donors (Lipinski definition) is 1. The molecule has 1 N–H and O–H groups in total. The van der Waals surface area contributed by atoms with Crippen LogP contribution in [0.25, 0.3) is 11.0 Å². The van der Waals surface area contributed by atoms with Crippen LogP contribution in [0.3, 0.4) is 0 Å². The second-order valence-corrected chi connectivity index (χ2v) is 7.91. The third kappa shape index (κ3) is 2.67. The molecule has 0 saturated carbocycles. The van der Waals surface area contributed by atoms with E-state index in [1.54, 1.807) is 0 Å². The summed E-state index contributed by atoms with van der Waals surface area (Å²) in [6, 6.07) is 12.6. The Morgan fingerprint density at radius 3 is 2.70 bits per heavy atom. The molecule has 3 aromatic rings. The number of quaternary nitrogens is 1. The number of aryl methyl sites for hydroxylation is 1. The van der Waals surface area contributed by atoms with Crippen LogP contribution >= 0.6 is 11.6 Å². The molecule has 5 heteroatoms. The molecule has 0 bridgehead atoms. The van der Waals surface area contributed by atoms with Crippen LogP contribution in [0, 0.1) is 0 Å². The Morgan fingerprint density at radius 1 is 1.11 bits per heavy atom. The molecule has 0 saturated heterocycles. The summed E-state index contributed by atoms with van der Waals surface area (Å²) in [4.78, 5) is 13.7. The van der Waals surface area contributed by atoms with Crippen LogP contribution < -0.4 is 15.3 Å². The number of benzene rings is 2. The molecule has 1 aromatic heterocycles. The molecular formula is C22H21ClNO3+. The van der Waals surface area contributed by atoms with E-state index in [0.29, 0.717) is 29.6 Å². The van der Waals surface area contributed by atoms with Crippen molar-refractivity contribution in [2.24, 2.45) is 0 Å². The van der Waals surface area contributed by atoms with Gasteiger partial charge in [-0.05, 0) is 37.8 Å². The SMILES string of the molecule is C[C@@H](c1ccccc1)[NH+]1COc2c(Cl)cc3c4c(c(=O)oc3c2C1)CCC4. The highest BCUT2D eigenvalue weighted by atomic mass is 35.5. The number of nitrogens with one attached hydrogen (secondary N) is 1. The number of fused-ring (bicyclic) bond motifs is 5. The van der Waals surface area contributed by atoms with Gasteiger partial charge in [0.1, 0.15) is 12.6 Å². The van der Waals surface area contributed by atoms with Gasteiger partial charge in [0, 0.05) is 16.5 Å². The molecule has 0 spiro atoms. The zero-order valence-corrected chi connectivity index (χ0v) is 15.9. The summed E-state index contributed by atoms with van der Waals surface area (Å²) in [5, 5.41) is 1.58. The summed E-state index contributed by atoms with van der Waals surface area (Å²) in [7, 11) is 0. The standard InChI is InChI=1S/C22H20ClNO3/c1-13(14-6-3-2-4-7-14)24-11-18-20-17(10-19(23)21(18)26-12-24)15-8-5-9-16(15)22(25)27-20/h2-4,6-7,10,13H,5,8-9,11-12H2,1H3/p+1/t13-/m0/s1. The van der Waals surface area contributed by atoms with Crippen LogP contribution in [0.4, 0.5) is 0 Å². The first-order valence-electron chi connectivity index (χ1n) is 9.45. The minimum atomic E-state index is -0.206. The second-order valence-electron chi connectivity index (χ2n) is 7.50. The lowest BCUT2D eigenvalue weighted by atomic mass is 10.0. The second kappa shape index (κ2) is 6.39. The lowest BCUT2D eigenvalue weighted by Crippen LogP contribution is -3.12. The Morgan fingerprint density at radius 2 is 1.89 bits per heavy atom. The van der Waals surface area contributed by atoms with Crippen LogP contribution in [0.1, 0.15) is 41.6 Å². The molecule has 2 aliphatic rings. The molecule has 1 aliphatic carbocycles. The van der Waals surface area contributed by atoms with Crippen molar-refractivity contribution in [2.75, 3.05) is 6.73 Å². The fraction of sp³-hybridized carbons (Fsp3) is 0.318. The molecule has 2 atom stereocenters. The molecule has 4 nitrogen and oxygen atoms in total. The Labute approximate surface area is 162 Å². The normalized spacial score (nSPS) is 19.4. The van der Waals surface area contributed by atoms with E-state index < -0.39 is 0 Å². The average molecular weight is 383 g/mol. The van der Waals surface area contributed by atoms with Crippen LogP contribution in [-0.4, -0.2) is 6.73 Å². The van der Waals surface area contributed by atoms with E-state index >= 15 is 0 Å². The van der Waals surface area contributed by atoms with Crippen molar-refractivity contribution in [3.63, 3.8) is 0 Å². The van der Waals surface area contributed by atoms with Gasteiger partial charge in [0.15, 0.2) is 11.3 Å². The third-order valence-corrected chi connectivity index (χ3v) is 6.26. The summed E-state index contributed by atoms with van der Waals surface area (Å²) < 4.78 is 11.8. The summed E-state index contributed by atoms with van der Waals surface area (Å²) in [5.74, 6) is 0.661. The quantitative estimate of drug-likeness (QED) is 0.690. The number of hydrogen-bond acceptors (Lipinski definition) is 3. The van der Waals surface area contributed by atoms with Gasteiger partial charge in [0.2, 0.25) is 6.73 Å². The maximum Gasteiger partial charge on any atom is 0.339 e. The molecule has 2 heterocycles. The van der Waals surface area contributed by atoms with E-state index in [2.05, 4.69) is 31.2 Å². The Bertz CT molecular complexity index is 1090. The Kier molecular flexibility index (Phi) is 3.99. The molecule has 1 aliphatic heterocycles. The highest BCUT2D eigenvalue weighted by molar-refractivity contribution is 6.33. The van der Waals surface area contributed by atoms with Gasteiger partial charge in [-0.15, -0.1) is 0 Å². The van der Waals surface area contributed by atoms with Crippen molar-refractivity contribution in [3.05, 3.63) is 74.1 Å². The maximum atomic E-state index is 12.5. The zero-order chi connectivity index (χ0) is 18.5. The van der Waals surface area contributed by atoms with Crippen molar-refractivity contribution in [1.29, 1.82) is 0 Å². The Hall–Kier alpha value is -2.30. The first-order chi connectivity index (χ1) is 13.1. The van der Waals surface area contributed by atoms with Crippen molar-refractivity contribution in [1.82, 2.24) is 0 Å². The molecule has 5 rings (SSSR count). The van der Waals surface area contributed by atoms with Crippen LogP contribution in [-0.2, 0) is 19.4 Å². The summed E-state index contributed by atoms with van der Waals surface area (Å²) in [6.07, 6.45) is 2.69. The highest BCUT2D eigenvalue weighted by Gasteiger charge is 2.32. The van der Waals surface area contributed by atoms with Crippen LogP contribution in [0.15, 0.2) is 45.6 Å². The monoisotopic (exact) mass is 382 g/mol. The van der Waals surface area contributed by atoms with E-state index in [1.165, 1.54) is 10.5 Å². The van der Waals surface area contributed by atoms with Gasteiger partial charge in [0.25, 0.3) is 0 Å². The smallest absolute Gasteiger partial charge is 0.339 e. The van der Waals surface area contributed by atoms with Gasteiger partial charge >= 0.3 is 5.63 Å². The first kappa shape index (κ1) is 16.8. The number of halogens is 1. The minimum Gasteiger partial charge on any atom is -0.443 e.